The highest BCUT2D eigenvalue weighted by Gasteiger charge is 2.15. The third-order valence-corrected chi connectivity index (χ3v) is 4.05. The fourth-order valence-electron chi connectivity index (χ4n) is 2.61. The van der Waals surface area contributed by atoms with E-state index in [4.69, 9.17) is 14.2 Å². The minimum Gasteiger partial charge on any atom is -0.494 e. The Labute approximate surface area is 154 Å². The normalized spacial score (nSPS) is 10.6. The lowest BCUT2D eigenvalue weighted by atomic mass is 10.0. The smallest absolute Gasteiger partial charge is 0.201 e. The van der Waals surface area contributed by atoms with Crippen LogP contribution in [-0.4, -0.2) is 14.2 Å². The van der Waals surface area contributed by atoms with Crippen LogP contribution in [0.1, 0.15) is 5.56 Å². The quantitative estimate of drug-likeness (QED) is 0.581. The van der Waals surface area contributed by atoms with Gasteiger partial charge < -0.3 is 14.2 Å². The summed E-state index contributed by atoms with van der Waals surface area (Å²) in [5.41, 5.74) is 1.26. The van der Waals surface area contributed by atoms with Crippen molar-refractivity contribution in [2.24, 2.45) is 0 Å². The zero-order valence-electron chi connectivity index (χ0n) is 14.8. The van der Waals surface area contributed by atoms with Crippen LogP contribution in [0.15, 0.2) is 54.6 Å². The number of hydrogen-bond acceptors (Lipinski definition) is 3. The Morgan fingerprint density at radius 2 is 1.41 bits per heavy atom. The Kier molecular flexibility index (Phi) is 5.54. The second-order valence-electron chi connectivity index (χ2n) is 5.73. The van der Waals surface area contributed by atoms with Gasteiger partial charge in [-0.05, 0) is 47.5 Å². The number of hydrogen-bond donors (Lipinski definition) is 0. The first-order valence-electron chi connectivity index (χ1n) is 8.11. The molecule has 0 bridgehead atoms. The number of methoxy groups -OCH3 is 2. The van der Waals surface area contributed by atoms with E-state index in [2.05, 4.69) is 0 Å². The summed E-state index contributed by atoms with van der Waals surface area (Å²) in [5.74, 6) is -1.94. The summed E-state index contributed by atoms with van der Waals surface area (Å²) in [5, 5.41) is 0. The van der Waals surface area contributed by atoms with Crippen molar-refractivity contribution in [2.45, 2.75) is 6.61 Å². The number of rotatable bonds is 6. The third-order valence-electron chi connectivity index (χ3n) is 4.05. The monoisotopic (exact) mass is 374 g/mol. The van der Waals surface area contributed by atoms with E-state index in [0.29, 0.717) is 16.9 Å². The van der Waals surface area contributed by atoms with Gasteiger partial charge in [0.2, 0.25) is 5.82 Å². The van der Waals surface area contributed by atoms with Gasteiger partial charge in [-0.25, -0.2) is 8.78 Å². The maximum Gasteiger partial charge on any atom is 0.201 e. The van der Waals surface area contributed by atoms with Crippen molar-refractivity contribution >= 4 is 0 Å². The van der Waals surface area contributed by atoms with Gasteiger partial charge in [0.15, 0.2) is 23.1 Å². The molecular formula is C21H17F3O3. The van der Waals surface area contributed by atoms with Crippen LogP contribution in [-0.2, 0) is 6.61 Å². The zero-order chi connectivity index (χ0) is 19.4. The molecule has 6 heteroatoms. The van der Waals surface area contributed by atoms with Crippen molar-refractivity contribution in [1.82, 2.24) is 0 Å². The predicted molar refractivity (Wildman–Crippen MR) is 95.6 cm³/mol. The average molecular weight is 374 g/mol. The van der Waals surface area contributed by atoms with Gasteiger partial charge in [-0.3, -0.25) is 0 Å². The molecule has 0 atom stereocenters. The Hall–Kier alpha value is -3.15. The van der Waals surface area contributed by atoms with Gasteiger partial charge in [0.05, 0.1) is 14.2 Å². The van der Waals surface area contributed by atoms with Crippen LogP contribution in [0, 0.1) is 17.5 Å². The van der Waals surface area contributed by atoms with Crippen LogP contribution >= 0.6 is 0 Å². The Bertz CT molecular complexity index is 940. The largest absolute Gasteiger partial charge is 0.494 e. The van der Waals surface area contributed by atoms with Gasteiger partial charge in [-0.1, -0.05) is 18.2 Å². The Balaban J connectivity index is 1.72. The molecule has 0 aromatic heterocycles. The molecule has 0 spiro atoms. The lowest BCUT2D eigenvalue weighted by Crippen LogP contribution is -1.98. The van der Waals surface area contributed by atoms with Crippen molar-refractivity contribution in [3.8, 4) is 28.4 Å². The van der Waals surface area contributed by atoms with Crippen molar-refractivity contribution in [3.63, 3.8) is 0 Å². The van der Waals surface area contributed by atoms with E-state index < -0.39 is 17.5 Å². The molecule has 0 fully saturated rings. The first-order valence-corrected chi connectivity index (χ1v) is 8.11. The van der Waals surface area contributed by atoms with Gasteiger partial charge >= 0.3 is 0 Å². The molecule has 3 nitrogen and oxygen atoms in total. The summed E-state index contributed by atoms with van der Waals surface area (Å²) in [6, 6.07) is 13.9. The highest BCUT2D eigenvalue weighted by molar-refractivity contribution is 5.66. The maximum absolute atomic E-state index is 14.2. The Morgan fingerprint density at radius 3 is 2.04 bits per heavy atom. The zero-order valence-corrected chi connectivity index (χ0v) is 14.8. The van der Waals surface area contributed by atoms with Crippen molar-refractivity contribution < 1.29 is 27.4 Å². The molecule has 0 aliphatic carbocycles. The molecular weight excluding hydrogens is 357 g/mol. The standard InChI is InChI=1S/C21H17F3O3/c1-25-18-9-3-13(11-17(18)22)12-27-15-6-4-14(5-7-15)16-8-10-19(26-2)21(24)20(16)23/h3-11H,12H2,1-2H3. The molecule has 0 aliphatic rings. The summed E-state index contributed by atoms with van der Waals surface area (Å²) in [6.07, 6.45) is 0. The molecule has 0 saturated heterocycles. The van der Waals surface area contributed by atoms with E-state index in [9.17, 15) is 13.2 Å². The molecule has 27 heavy (non-hydrogen) atoms. The van der Waals surface area contributed by atoms with Gasteiger partial charge in [0.25, 0.3) is 0 Å². The highest BCUT2D eigenvalue weighted by Crippen LogP contribution is 2.30. The molecule has 140 valence electrons. The van der Waals surface area contributed by atoms with Crippen LogP contribution in [0.2, 0.25) is 0 Å². The van der Waals surface area contributed by atoms with Crippen LogP contribution in [0.4, 0.5) is 13.2 Å². The van der Waals surface area contributed by atoms with Crippen LogP contribution < -0.4 is 14.2 Å². The molecule has 0 radical (unpaired) electrons. The van der Waals surface area contributed by atoms with Crippen LogP contribution in [0.3, 0.4) is 0 Å². The fraction of sp³-hybridized carbons (Fsp3) is 0.143. The topological polar surface area (TPSA) is 27.7 Å². The molecule has 0 aliphatic heterocycles. The first kappa shape index (κ1) is 18.6. The second-order valence-corrected chi connectivity index (χ2v) is 5.73. The molecule has 0 amide bonds. The van der Waals surface area contributed by atoms with Gasteiger partial charge in [0, 0.05) is 5.56 Å². The third kappa shape index (κ3) is 4.00. The molecule has 3 aromatic rings. The SMILES string of the molecule is COc1ccc(COc2ccc(-c3ccc(OC)c(F)c3F)cc2)cc1F. The first-order chi connectivity index (χ1) is 13.0. The predicted octanol–water partition coefficient (Wildman–Crippen LogP) is 5.37. The van der Waals surface area contributed by atoms with E-state index >= 15 is 0 Å². The van der Waals surface area contributed by atoms with Gasteiger partial charge in [0.1, 0.15) is 12.4 Å². The summed E-state index contributed by atoms with van der Waals surface area (Å²) < 4.78 is 57.0. The Morgan fingerprint density at radius 1 is 0.741 bits per heavy atom. The summed E-state index contributed by atoms with van der Waals surface area (Å²) in [7, 11) is 2.67. The number of ether oxygens (including phenoxy) is 3. The summed E-state index contributed by atoms with van der Waals surface area (Å²) >= 11 is 0. The van der Waals surface area contributed by atoms with Crippen molar-refractivity contribution in [1.29, 1.82) is 0 Å². The lowest BCUT2D eigenvalue weighted by molar-refractivity contribution is 0.304. The summed E-state index contributed by atoms with van der Waals surface area (Å²) in [6.45, 7) is 0.159. The molecule has 3 rings (SSSR count). The average Bonchev–Trinajstić information content (AvgIpc) is 2.69. The van der Waals surface area contributed by atoms with Crippen LogP contribution in [0.25, 0.3) is 11.1 Å². The van der Waals surface area contributed by atoms with E-state index in [1.165, 1.54) is 38.5 Å². The van der Waals surface area contributed by atoms with E-state index in [-0.39, 0.29) is 23.7 Å². The van der Waals surface area contributed by atoms with Gasteiger partial charge in [-0.2, -0.15) is 4.39 Å². The number of benzene rings is 3. The van der Waals surface area contributed by atoms with E-state index in [1.807, 2.05) is 0 Å². The number of halogens is 3. The van der Waals surface area contributed by atoms with Gasteiger partial charge in [-0.15, -0.1) is 0 Å². The second kappa shape index (κ2) is 8.03. The minimum atomic E-state index is -1.03. The minimum absolute atomic E-state index is 0.122. The molecule has 0 heterocycles. The molecule has 3 aromatic carbocycles. The van der Waals surface area contributed by atoms with Crippen LogP contribution in [0.5, 0.6) is 17.2 Å². The summed E-state index contributed by atoms with van der Waals surface area (Å²) in [4.78, 5) is 0. The molecule has 0 saturated carbocycles. The van der Waals surface area contributed by atoms with Crippen molar-refractivity contribution in [2.75, 3.05) is 14.2 Å². The highest BCUT2D eigenvalue weighted by atomic mass is 19.2. The fourth-order valence-corrected chi connectivity index (χ4v) is 2.61. The molecule has 0 N–H and O–H groups in total. The van der Waals surface area contributed by atoms with E-state index in [0.717, 1.165) is 0 Å². The maximum atomic E-state index is 14.2. The van der Waals surface area contributed by atoms with E-state index in [1.54, 1.807) is 30.3 Å². The lowest BCUT2D eigenvalue weighted by Gasteiger charge is -2.10. The molecule has 0 unspecified atom stereocenters. The van der Waals surface area contributed by atoms with Crippen molar-refractivity contribution in [3.05, 3.63) is 77.6 Å².